The van der Waals surface area contributed by atoms with Crippen molar-refractivity contribution in [2.24, 2.45) is 0 Å². The van der Waals surface area contributed by atoms with Gasteiger partial charge < -0.3 is 20.3 Å². The number of carbonyl (C=O) groups excluding carboxylic acids is 1. The quantitative estimate of drug-likeness (QED) is 0.295. The second kappa shape index (κ2) is 12.5. The van der Waals surface area contributed by atoms with Crippen LogP contribution in [0.3, 0.4) is 0 Å². The summed E-state index contributed by atoms with van der Waals surface area (Å²) in [5.41, 5.74) is 3.71. The highest BCUT2D eigenvalue weighted by atomic mass is 32.2. The first-order chi connectivity index (χ1) is 18.2. The number of sulfonamides is 1. The fraction of sp³-hybridized carbons (Fsp3) is 0.464. The second-order valence-electron chi connectivity index (χ2n) is 9.60. The predicted octanol–water partition coefficient (Wildman–Crippen LogP) is 3.03. The summed E-state index contributed by atoms with van der Waals surface area (Å²) >= 11 is 1.83. The number of aromatic nitrogens is 1. The van der Waals surface area contributed by atoms with Crippen molar-refractivity contribution in [3.05, 3.63) is 65.4 Å². The van der Waals surface area contributed by atoms with Gasteiger partial charge in [-0.05, 0) is 48.8 Å². The molecule has 0 bridgehead atoms. The summed E-state index contributed by atoms with van der Waals surface area (Å²) in [6, 6.07) is 12.7. The van der Waals surface area contributed by atoms with Crippen LogP contribution in [-0.2, 0) is 29.4 Å². The van der Waals surface area contributed by atoms with Crippen LogP contribution >= 0.6 is 11.8 Å². The summed E-state index contributed by atoms with van der Waals surface area (Å²) in [6.07, 6.45) is 2.10. The van der Waals surface area contributed by atoms with Gasteiger partial charge in [0.15, 0.2) is 0 Å². The van der Waals surface area contributed by atoms with Gasteiger partial charge in [-0.3, -0.25) is 9.10 Å². The molecule has 4 rings (SSSR count). The first-order valence-corrected chi connectivity index (χ1v) is 15.9. The summed E-state index contributed by atoms with van der Waals surface area (Å²) in [6.45, 7) is 5.98. The second-order valence-corrected chi connectivity index (χ2v) is 13.1. The average molecular weight is 559 g/mol. The molecule has 0 saturated heterocycles. The number of aliphatic hydroxyl groups is 1. The molecule has 1 aliphatic heterocycles. The van der Waals surface area contributed by atoms with Crippen molar-refractivity contribution in [1.29, 1.82) is 0 Å². The van der Waals surface area contributed by atoms with Gasteiger partial charge in [0, 0.05) is 49.6 Å². The lowest BCUT2D eigenvalue weighted by Gasteiger charge is -2.25. The van der Waals surface area contributed by atoms with Gasteiger partial charge in [0.25, 0.3) is 5.91 Å². The molecule has 1 aliphatic rings. The zero-order valence-corrected chi connectivity index (χ0v) is 23.9. The number of aliphatic hydroxyl groups excluding tert-OH is 1. The summed E-state index contributed by atoms with van der Waals surface area (Å²) in [5, 5.41) is 18.3. The number of carbonyl (C=O) groups is 1. The highest BCUT2D eigenvalue weighted by Gasteiger charge is 2.29. The van der Waals surface area contributed by atoms with Crippen molar-refractivity contribution in [3.63, 3.8) is 0 Å². The van der Waals surface area contributed by atoms with E-state index < -0.39 is 22.2 Å². The van der Waals surface area contributed by atoms with Crippen LogP contribution in [0.5, 0.6) is 0 Å². The Balaban J connectivity index is 1.63. The molecular formula is C28H38N4O4S2. The maximum absolute atomic E-state index is 13.6. The van der Waals surface area contributed by atoms with E-state index in [1.54, 1.807) is 13.1 Å². The Morgan fingerprint density at radius 1 is 1.18 bits per heavy atom. The zero-order chi connectivity index (χ0) is 27.3. The molecule has 3 aromatic rings. The molecule has 1 aromatic heterocycles. The molecule has 3 N–H and O–H groups in total. The number of anilines is 1. The standard InChI is InChI=1S/C28H38N4O4S2/c1-4-32-19-21-11-14-38(35,36)31(3)24-16-22(17-25(32)27(21)24)28(34)30-23(15-20-9-7-6-8-10-20)26(33)18-29-12-13-37-5-2/h6-10,16-17,19,23,26,29,33H,4-5,11-15,18H2,1-3H3,(H,30,34)/t23-,26+/m0/s1. The fourth-order valence-electron chi connectivity index (χ4n) is 4.93. The summed E-state index contributed by atoms with van der Waals surface area (Å²) in [5.74, 6) is 1.68. The first kappa shape index (κ1) is 28.5. The number of aryl methyl sites for hydroxylation is 2. The van der Waals surface area contributed by atoms with E-state index in [1.807, 2.05) is 61.3 Å². The van der Waals surface area contributed by atoms with Crippen LogP contribution in [0.4, 0.5) is 5.69 Å². The molecule has 2 heterocycles. The van der Waals surface area contributed by atoms with E-state index in [1.165, 1.54) is 4.31 Å². The average Bonchev–Trinajstić information content (AvgIpc) is 3.24. The number of hydrogen-bond donors (Lipinski definition) is 3. The third-order valence-electron chi connectivity index (χ3n) is 7.09. The van der Waals surface area contributed by atoms with E-state index in [-0.39, 0.29) is 11.7 Å². The summed E-state index contributed by atoms with van der Waals surface area (Å²) < 4.78 is 29.1. The lowest BCUT2D eigenvalue weighted by Crippen LogP contribution is -2.49. The highest BCUT2D eigenvalue weighted by Crippen LogP contribution is 2.36. The molecule has 10 heteroatoms. The number of benzene rings is 2. The van der Waals surface area contributed by atoms with Crippen LogP contribution in [-0.4, -0.2) is 73.5 Å². The van der Waals surface area contributed by atoms with Crippen molar-refractivity contribution in [2.75, 3.05) is 41.7 Å². The molecule has 0 fully saturated rings. The van der Waals surface area contributed by atoms with Crippen molar-refractivity contribution in [2.45, 2.75) is 45.4 Å². The predicted molar refractivity (Wildman–Crippen MR) is 157 cm³/mol. The lowest BCUT2D eigenvalue weighted by atomic mass is 10.00. The Bertz CT molecular complexity index is 1360. The summed E-state index contributed by atoms with van der Waals surface area (Å²) in [7, 11) is -1.95. The molecule has 8 nitrogen and oxygen atoms in total. The van der Waals surface area contributed by atoms with Gasteiger partial charge in [-0.2, -0.15) is 11.8 Å². The van der Waals surface area contributed by atoms with Gasteiger partial charge in [0.05, 0.1) is 29.1 Å². The van der Waals surface area contributed by atoms with Gasteiger partial charge in [0.1, 0.15) is 0 Å². The Morgan fingerprint density at radius 2 is 1.95 bits per heavy atom. The maximum Gasteiger partial charge on any atom is 0.251 e. The van der Waals surface area contributed by atoms with Crippen LogP contribution in [0.25, 0.3) is 10.9 Å². The molecule has 0 radical (unpaired) electrons. The van der Waals surface area contributed by atoms with Crippen molar-refractivity contribution in [1.82, 2.24) is 15.2 Å². The Hall–Kier alpha value is -2.53. The Kier molecular flexibility index (Phi) is 9.40. The molecule has 38 heavy (non-hydrogen) atoms. The maximum atomic E-state index is 13.6. The van der Waals surface area contributed by atoms with Crippen LogP contribution in [0.15, 0.2) is 48.7 Å². The fourth-order valence-corrected chi connectivity index (χ4v) is 6.70. The van der Waals surface area contributed by atoms with Gasteiger partial charge in [-0.25, -0.2) is 8.42 Å². The molecular weight excluding hydrogens is 520 g/mol. The van der Waals surface area contributed by atoms with Gasteiger partial charge in [0.2, 0.25) is 10.0 Å². The normalized spacial score (nSPS) is 16.3. The molecule has 0 spiro atoms. The third kappa shape index (κ3) is 6.36. The number of hydrogen-bond acceptors (Lipinski definition) is 6. The topological polar surface area (TPSA) is 104 Å². The SMILES string of the molecule is CCSCCNC[C@@H](O)[C@H](Cc1ccccc1)NC(=O)c1cc2c3c(cn(CC)c3c1)CCS(=O)(=O)N2C. The summed E-state index contributed by atoms with van der Waals surface area (Å²) in [4.78, 5) is 13.6. The molecule has 0 aliphatic carbocycles. The van der Waals surface area contributed by atoms with E-state index >= 15 is 0 Å². The first-order valence-electron chi connectivity index (χ1n) is 13.2. The van der Waals surface area contributed by atoms with Crippen molar-refractivity contribution in [3.8, 4) is 0 Å². The molecule has 2 aromatic carbocycles. The number of amides is 1. The zero-order valence-electron chi connectivity index (χ0n) is 22.3. The van der Waals surface area contributed by atoms with Crippen molar-refractivity contribution >= 4 is 44.3 Å². The number of nitrogens with zero attached hydrogens (tertiary/aromatic N) is 2. The van der Waals surface area contributed by atoms with E-state index in [4.69, 9.17) is 0 Å². The minimum atomic E-state index is -3.50. The largest absolute Gasteiger partial charge is 0.390 e. The molecule has 0 unspecified atom stereocenters. The van der Waals surface area contributed by atoms with Crippen molar-refractivity contribution < 1.29 is 18.3 Å². The monoisotopic (exact) mass is 558 g/mol. The molecule has 1 amide bonds. The minimum absolute atomic E-state index is 0.0254. The molecule has 0 saturated carbocycles. The number of rotatable bonds is 12. The number of thioether (sulfide) groups is 1. The van der Waals surface area contributed by atoms with Crippen LogP contribution in [0, 0.1) is 0 Å². The van der Waals surface area contributed by atoms with E-state index in [9.17, 15) is 18.3 Å². The highest BCUT2D eigenvalue weighted by molar-refractivity contribution is 7.99. The number of nitrogens with one attached hydrogen (secondary N) is 2. The minimum Gasteiger partial charge on any atom is -0.390 e. The van der Waals surface area contributed by atoms with E-state index in [2.05, 4.69) is 22.1 Å². The van der Waals surface area contributed by atoms with E-state index in [0.29, 0.717) is 37.2 Å². The van der Waals surface area contributed by atoms with Crippen LogP contribution < -0.4 is 14.9 Å². The van der Waals surface area contributed by atoms with Gasteiger partial charge >= 0.3 is 0 Å². The van der Waals surface area contributed by atoms with Crippen LogP contribution in [0.2, 0.25) is 0 Å². The van der Waals surface area contributed by atoms with Gasteiger partial charge in [-0.1, -0.05) is 37.3 Å². The molecule has 206 valence electrons. The third-order valence-corrected chi connectivity index (χ3v) is 9.74. The lowest BCUT2D eigenvalue weighted by molar-refractivity contribution is 0.0832. The van der Waals surface area contributed by atoms with Gasteiger partial charge in [-0.15, -0.1) is 0 Å². The van der Waals surface area contributed by atoms with E-state index in [0.717, 1.165) is 40.1 Å². The smallest absolute Gasteiger partial charge is 0.251 e. The van der Waals surface area contributed by atoms with Crippen LogP contribution in [0.1, 0.15) is 35.3 Å². The molecule has 2 atom stereocenters. The Morgan fingerprint density at radius 3 is 2.66 bits per heavy atom. The Labute approximate surface area is 229 Å².